The minimum absolute atomic E-state index is 0.554. The zero-order valence-corrected chi connectivity index (χ0v) is 10.0. The maximum atomic E-state index is 5.23. The average Bonchev–Trinajstić information content (AvgIpc) is 2.80. The predicted molar refractivity (Wildman–Crippen MR) is 66.3 cm³/mol. The first-order valence-corrected chi connectivity index (χ1v) is 5.52. The summed E-state index contributed by atoms with van der Waals surface area (Å²) in [6.07, 6.45) is 1.69. The molecule has 5 heteroatoms. The van der Waals surface area contributed by atoms with Crippen LogP contribution in [0.3, 0.4) is 0 Å². The van der Waals surface area contributed by atoms with Crippen molar-refractivity contribution in [2.75, 3.05) is 7.11 Å². The van der Waals surface area contributed by atoms with E-state index in [0.29, 0.717) is 11.5 Å². The van der Waals surface area contributed by atoms with E-state index in [4.69, 9.17) is 9.26 Å². The molecule has 0 radical (unpaired) electrons. The normalized spacial score (nSPS) is 10.8. The van der Waals surface area contributed by atoms with Gasteiger partial charge in [0.05, 0.1) is 18.4 Å². The van der Waals surface area contributed by atoms with Crippen LogP contribution in [0.1, 0.15) is 5.69 Å². The number of pyridine rings is 2. The summed E-state index contributed by atoms with van der Waals surface area (Å²) in [5.74, 6) is 0.554. The number of methoxy groups -OCH3 is 1. The van der Waals surface area contributed by atoms with E-state index in [-0.39, 0.29) is 0 Å². The Morgan fingerprint density at radius 2 is 2.11 bits per heavy atom. The molecule has 3 heterocycles. The van der Waals surface area contributed by atoms with Gasteiger partial charge in [-0.05, 0) is 31.2 Å². The van der Waals surface area contributed by atoms with Gasteiger partial charge in [0.15, 0.2) is 5.58 Å². The van der Waals surface area contributed by atoms with Crippen molar-refractivity contribution in [3.05, 3.63) is 36.2 Å². The summed E-state index contributed by atoms with van der Waals surface area (Å²) in [6, 6.07) is 7.49. The van der Waals surface area contributed by atoms with E-state index >= 15 is 0 Å². The van der Waals surface area contributed by atoms with Crippen LogP contribution in [-0.4, -0.2) is 22.2 Å². The van der Waals surface area contributed by atoms with Gasteiger partial charge in [0.25, 0.3) is 0 Å². The lowest BCUT2D eigenvalue weighted by Gasteiger charge is -2.05. The summed E-state index contributed by atoms with van der Waals surface area (Å²) in [4.78, 5) is 8.70. The van der Waals surface area contributed by atoms with Crippen LogP contribution in [0.2, 0.25) is 0 Å². The average molecular weight is 241 g/mol. The van der Waals surface area contributed by atoms with E-state index in [1.165, 1.54) is 0 Å². The Bertz CT molecular complexity index is 706. The van der Waals surface area contributed by atoms with Crippen LogP contribution in [0.4, 0.5) is 0 Å². The number of aryl methyl sites for hydroxylation is 1. The Morgan fingerprint density at radius 3 is 2.94 bits per heavy atom. The van der Waals surface area contributed by atoms with Crippen LogP contribution in [0.25, 0.3) is 22.4 Å². The first kappa shape index (κ1) is 10.7. The van der Waals surface area contributed by atoms with Crippen LogP contribution in [0, 0.1) is 6.92 Å². The van der Waals surface area contributed by atoms with Gasteiger partial charge in [-0.2, -0.15) is 0 Å². The molecule has 0 saturated heterocycles. The largest absolute Gasteiger partial charge is 0.481 e. The maximum absolute atomic E-state index is 5.23. The molecule has 0 atom stereocenters. The second kappa shape index (κ2) is 4.10. The molecular weight excluding hydrogens is 230 g/mol. The van der Waals surface area contributed by atoms with Crippen molar-refractivity contribution in [3.63, 3.8) is 0 Å². The van der Waals surface area contributed by atoms with Gasteiger partial charge in [-0.25, -0.2) is 9.97 Å². The molecule has 0 saturated carbocycles. The minimum atomic E-state index is 0.554. The highest BCUT2D eigenvalue weighted by molar-refractivity contribution is 5.79. The number of rotatable bonds is 2. The molecule has 0 N–H and O–H groups in total. The van der Waals surface area contributed by atoms with Gasteiger partial charge >= 0.3 is 0 Å². The molecule has 0 unspecified atom stereocenters. The molecule has 0 aromatic carbocycles. The van der Waals surface area contributed by atoms with Crippen LogP contribution >= 0.6 is 0 Å². The van der Waals surface area contributed by atoms with E-state index in [2.05, 4.69) is 15.1 Å². The van der Waals surface area contributed by atoms with E-state index < -0.39 is 0 Å². The van der Waals surface area contributed by atoms with Crippen molar-refractivity contribution in [2.24, 2.45) is 0 Å². The number of fused-ring (bicyclic) bond motifs is 1. The molecule has 0 fully saturated rings. The standard InChI is InChI=1S/C13H11N3O2/c1-8-12-11(18-16-8)6-5-10(15-12)9-4-3-7-14-13(9)17-2/h3-7H,1-2H3. The fraction of sp³-hybridized carbons (Fsp3) is 0.154. The monoisotopic (exact) mass is 241 g/mol. The quantitative estimate of drug-likeness (QED) is 0.690. The molecule has 0 bridgehead atoms. The third-order valence-electron chi connectivity index (χ3n) is 2.72. The van der Waals surface area contributed by atoms with Crippen molar-refractivity contribution in [3.8, 4) is 17.1 Å². The summed E-state index contributed by atoms with van der Waals surface area (Å²) >= 11 is 0. The minimum Gasteiger partial charge on any atom is -0.481 e. The number of ether oxygens (including phenoxy) is 1. The van der Waals surface area contributed by atoms with Gasteiger partial charge in [0, 0.05) is 6.20 Å². The first-order chi connectivity index (χ1) is 8.79. The second-order valence-corrected chi connectivity index (χ2v) is 3.87. The predicted octanol–water partition coefficient (Wildman–Crippen LogP) is 2.60. The fourth-order valence-corrected chi connectivity index (χ4v) is 1.84. The Hall–Kier alpha value is -2.43. The lowest BCUT2D eigenvalue weighted by atomic mass is 10.1. The molecule has 0 aliphatic carbocycles. The molecule has 0 spiro atoms. The molecular formula is C13H11N3O2. The zero-order chi connectivity index (χ0) is 12.5. The topological polar surface area (TPSA) is 61.0 Å². The maximum Gasteiger partial charge on any atom is 0.222 e. The Labute approximate surface area is 103 Å². The third-order valence-corrected chi connectivity index (χ3v) is 2.72. The van der Waals surface area contributed by atoms with Crippen LogP contribution in [0.5, 0.6) is 5.88 Å². The molecule has 3 aromatic heterocycles. The summed E-state index contributed by atoms with van der Waals surface area (Å²) in [5.41, 5.74) is 3.86. The molecule has 0 aliphatic rings. The smallest absolute Gasteiger partial charge is 0.222 e. The summed E-state index contributed by atoms with van der Waals surface area (Å²) in [5, 5.41) is 3.89. The number of hydrogen-bond acceptors (Lipinski definition) is 5. The molecule has 3 aromatic rings. The van der Waals surface area contributed by atoms with E-state index in [0.717, 1.165) is 22.5 Å². The van der Waals surface area contributed by atoms with Gasteiger partial charge < -0.3 is 9.26 Å². The van der Waals surface area contributed by atoms with Gasteiger partial charge in [0.2, 0.25) is 5.88 Å². The van der Waals surface area contributed by atoms with Gasteiger partial charge in [-0.3, -0.25) is 0 Å². The van der Waals surface area contributed by atoms with Gasteiger partial charge in [-0.1, -0.05) is 5.16 Å². The van der Waals surface area contributed by atoms with Crippen molar-refractivity contribution >= 4 is 11.1 Å². The summed E-state index contributed by atoms with van der Waals surface area (Å²) < 4.78 is 10.4. The third kappa shape index (κ3) is 1.60. The lowest BCUT2D eigenvalue weighted by Crippen LogP contribution is -1.92. The molecule has 18 heavy (non-hydrogen) atoms. The Morgan fingerprint density at radius 1 is 1.22 bits per heavy atom. The number of hydrogen-bond donors (Lipinski definition) is 0. The number of nitrogens with zero attached hydrogens (tertiary/aromatic N) is 3. The Kier molecular flexibility index (Phi) is 2.44. The van der Waals surface area contributed by atoms with E-state index in [1.807, 2.05) is 31.2 Å². The fourth-order valence-electron chi connectivity index (χ4n) is 1.84. The van der Waals surface area contributed by atoms with Crippen LogP contribution in [0.15, 0.2) is 35.0 Å². The zero-order valence-electron chi connectivity index (χ0n) is 10.0. The van der Waals surface area contributed by atoms with E-state index in [1.54, 1.807) is 13.3 Å². The number of aromatic nitrogens is 3. The highest BCUT2D eigenvalue weighted by Crippen LogP contribution is 2.28. The van der Waals surface area contributed by atoms with Crippen molar-refractivity contribution < 1.29 is 9.26 Å². The summed E-state index contributed by atoms with van der Waals surface area (Å²) in [7, 11) is 1.59. The molecule has 0 aliphatic heterocycles. The van der Waals surface area contributed by atoms with Gasteiger partial charge in [0.1, 0.15) is 11.2 Å². The molecule has 5 nitrogen and oxygen atoms in total. The van der Waals surface area contributed by atoms with Crippen molar-refractivity contribution in [1.82, 2.24) is 15.1 Å². The SMILES string of the molecule is COc1ncccc1-c1ccc2onc(C)c2n1. The second-order valence-electron chi connectivity index (χ2n) is 3.87. The van der Waals surface area contributed by atoms with Crippen molar-refractivity contribution in [1.29, 1.82) is 0 Å². The highest BCUT2D eigenvalue weighted by Gasteiger charge is 2.11. The van der Waals surface area contributed by atoms with Crippen LogP contribution < -0.4 is 4.74 Å². The molecule has 0 amide bonds. The Balaban J connectivity index is 2.21. The molecule has 3 rings (SSSR count). The lowest BCUT2D eigenvalue weighted by molar-refractivity contribution is 0.399. The van der Waals surface area contributed by atoms with E-state index in [9.17, 15) is 0 Å². The van der Waals surface area contributed by atoms with Crippen LogP contribution in [-0.2, 0) is 0 Å². The molecule has 90 valence electrons. The summed E-state index contributed by atoms with van der Waals surface area (Å²) in [6.45, 7) is 1.86. The van der Waals surface area contributed by atoms with Crippen molar-refractivity contribution in [2.45, 2.75) is 6.92 Å². The highest BCUT2D eigenvalue weighted by atomic mass is 16.5. The first-order valence-electron chi connectivity index (χ1n) is 5.52. The van der Waals surface area contributed by atoms with Gasteiger partial charge in [-0.15, -0.1) is 0 Å².